The van der Waals surface area contributed by atoms with E-state index in [1.165, 1.54) is 0 Å². The van der Waals surface area contributed by atoms with Gasteiger partial charge in [0.25, 0.3) is 11.7 Å². The SMILES string of the molecule is O=C(NCCOc1ccc2nnc(-c3ccccc3)n2n1)C(=O)c1c[nH]c2ccccc12. The van der Waals surface area contributed by atoms with Gasteiger partial charge >= 0.3 is 0 Å². The number of ether oxygens (including phenoxy) is 1. The van der Waals surface area contributed by atoms with Crippen molar-refractivity contribution in [2.75, 3.05) is 13.2 Å². The molecule has 0 aliphatic rings. The van der Waals surface area contributed by atoms with Crippen LogP contribution in [0.1, 0.15) is 10.4 Å². The second kappa shape index (κ2) is 8.31. The zero-order valence-corrected chi connectivity index (χ0v) is 16.9. The minimum atomic E-state index is -0.688. The van der Waals surface area contributed by atoms with Crippen LogP contribution in [0.3, 0.4) is 0 Å². The number of carbonyl (C=O) groups is 2. The fourth-order valence-corrected chi connectivity index (χ4v) is 3.40. The Hall–Kier alpha value is -4.53. The third-order valence-electron chi connectivity index (χ3n) is 4.95. The highest BCUT2D eigenvalue weighted by Crippen LogP contribution is 2.19. The molecule has 1 amide bonds. The minimum absolute atomic E-state index is 0.147. The number of carbonyl (C=O) groups excluding carboxylic acids is 2. The molecular formula is C23H18N6O3. The molecule has 0 bridgehead atoms. The molecule has 3 aromatic heterocycles. The summed E-state index contributed by atoms with van der Waals surface area (Å²) in [4.78, 5) is 27.7. The highest BCUT2D eigenvalue weighted by molar-refractivity contribution is 6.44. The molecule has 0 fully saturated rings. The Labute approximate surface area is 182 Å². The zero-order chi connectivity index (χ0) is 21.9. The summed E-state index contributed by atoms with van der Waals surface area (Å²) < 4.78 is 7.25. The van der Waals surface area contributed by atoms with Gasteiger partial charge in [0, 0.05) is 28.7 Å². The average molecular weight is 426 g/mol. The molecule has 0 saturated carbocycles. The highest BCUT2D eigenvalue weighted by Gasteiger charge is 2.19. The van der Waals surface area contributed by atoms with E-state index in [9.17, 15) is 9.59 Å². The Bertz CT molecular complexity index is 1420. The Morgan fingerprint density at radius 3 is 2.66 bits per heavy atom. The summed E-state index contributed by atoms with van der Waals surface area (Å²) in [6.07, 6.45) is 1.55. The molecule has 0 aliphatic carbocycles. The second-order valence-corrected chi connectivity index (χ2v) is 7.01. The van der Waals surface area contributed by atoms with Crippen molar-refractivity contribution >= 4 is 28.2 Å². The highest BCUT2D eigenvalue weighted by atomic mass is 16.5. The molecule has 0 saturated heterocycles. The third kappa shape index (κ3) is 3.67. The van der Waals surface area contributed by atoms with E-state index in [1.54, 1.807) is 28.9 Å². The van der Waals surface area contributed by atoms with Crippen molar-refractivity contribution < 1.29 is 14.3 Å². The van der Waals surface area contributed by atoms with Gasteiger partial charge < -0.3 is 15.0 Å². The maximum atomic E-state index is 12.5. The normalized spacial score (nSPS) is 11.0. The Morgan fingerprint density at radius 1 is 0.969 bits per heavy atom. The number of aromatic amines is 1. The number of para-hydroxylation sites is 1. The van der Waals surface area contributed by atoms with E-state index in [0.717, 1.165) is 11.1 Å². The lowest BCUT2D eigenvalue weighted by Gasteiger charge is -2.07. The van der Waals surface area contributed by atoms with Gasteiger partial charge in [0.15, 0.2) is 11.5 Å². The van der Waals surface area contributed by atoms with Gasteiger partial charge in [-0.2, -0.15) is 4.52 Å². The minimum Gasteiger partial charge on any atom is -0.475 e. The van der Waals surface area contributed by atoms with E-state index >= 15 is 0 Å². The van der Waals surface area contributed by atoms with E-state index in [-0.39, 0.29) is 13.2 Å². The quantitative estimate of drug-likeness (QED) is 0.235. The molecule has 9 nitrogen and oxygen atoms in total. The molecular weight excluding hydrogens is 408 g/mol. The number of ketones is 1. The second-order valence-electron chi connectivity index (χ2n) is 7.01. The third-order valence-corrected chi connectivity index (χ3v) is 4.95. The van der Waals surface area contributed by atoms with Crippen molar-refractivity contribution in [2.45, 2.75) is 0 Å². The van der Waals surface area contributed by atoms with E-state index in [0.29, 0.717) is 28.3 Å². The maximum Gasteiger partial charge on any atom is 0.292 e. The molecule has 0 aliphatic heterocycles. The first-order valence-corrected chi connectivity index (χ1v) is 10.00. The molecule has 0 radical (unpaired) electrons. The van der Waals surface area contributed by atoms with Crippen molar-refractivity contribution in [3.8, 4) is 17.3 Å². The monoisotopic (exact) mass is 426 g/mol. The standard InChI is InChI=1S/C23H18N6O3/c30-21(17-14-25-18-9-5-4-8-16(17)18)23(31)24-12-13-32-20-11-10-19-26-27-22(29(19)28-20)15-6-2-1-3-7-15/h1-11,14,25H,12-13H2,(H,24,31). The molecule has 2 aromatic carbocycles. The number of hydrogen-bond acceptors (Lipinski definition) is 6. The van der Waals surface area contributed by atoms with Crippen LogP contribution in [-0.2, 0) is 4.79 Å². The number of H-pyrrole nitrogens is 1. The lowest BCUT2D eigenvalue weighted by atomic mass is 10.1. The molecule has 9 heteroatoms. The molecule has 5 aromatic rings. The van der Waals surface area contributed by atoms with Crippen molar-refractivity contribution in [2.24, 2.45) is 0 Å². The van der Waals surface area contributed by atoms with E-state index < -0.39 is 11.7 Å². The van der Waals surface area contributed by atoms with E-state index in [2.05, 4.69) is 25.6 Å². The molecule has 0 spiro atoms. The number of rotatable bonds is 7. The number of hydrogen-bond donors (Lipinski definition) is 2. The van der Waals surface area contributed by atoms with Crippen molar-refractivity contribution in [3.63, 3.8) is 0 Å². The first kappa shape index (κ1) is 19.4. The van der Waals surface area contributed by atoms with Crippen LogP contribution in [0, 0.1) is 0 Å². The maximum absolute atomic E-state index is 12.5. The Kier molecular flexibility index (Phi) is 5.04. The first-order chi connectivity index (χ1) is 15.7. The van der Waals surface area contributed by atoms with Crippen LogP contribution in [0.2, 0.25) is 0 Å². The Balaban J connectivity index is 1.21. The molecule has 0 unspecified atom stereocenters. The Morgan fingerprint density at radius 2 is 1.78 bits per heavy atom. The number of fused-ring (bicyclic) bond motifs is 2. The molecule has 3 heterocycles. The fourth-order valence-electron chi connectivity index (χ4n) is 3.40. The molecule has 2 N–H and O–H groups in total. The number of nitrogens with zero attached hydrogens (tertiary/aromatic N) is 4. The van der Waals surface area contributed by atoms with Gasteiger partial charge in [-0.1, -0.05) is 48.5 Å². The lowest BCUT2D eigenvalue weighted by Crippen LogP contribution is -2.34. The smallest absolute Gasteiger partial charge is 0.292 e. The number of aromatic nitrogens is 5. The summed E-state index contributed by atoms with van der Waals surface area (Å²) in [6, 6.07) is 20.4. The molecule has 158 valence electrons. The molecule has 5 rings (SSSR count). The van der Waals surface area contributed by atoms with Crippen molar-refractivity contribution in [1.82, 2.24) is 30.1 Å². The van der Waals surface area contributed by atoms with E-state index in [4.69, 9.17) is 4.74 Å². The van der Waals surface area contributed by atoms with Crippen LogP contribution in [-0.4, -0.2) is 49.6 Å². The summed E-state index contributed by atoms with van der Waals surface area (Å²) in [7, 11) is 0. The van der Waals surface area contributed by atoms with Gasteiger partial charge in [0.1, 0.15) is 6.61 Å². The summed E-state index contributed by atoms with van der Waals surface area (Å²) >= 11 is 0. The van der Waals surface area contributed by atoms with Crippen LogP contribution >= 0.6 is 0 Å². The van der Waals surface area contributed by atoms with Gasteiger partial charge in [-0.3, -0.25) is 9.59 Å². The average Bonchev–Trinajstić information content (AvgIpc) is 3.46. The number of Topliss-reactive ketones (excluding diaryl/α,β-unsaturated/α-hetero) is 1. The van der Waals surface area contributed by atoms with Gasteiger partial charge in [0.05, 0.1) is 12.1 Å². The van der Waals surface area contributed by atoms with Gasteiger partial charge in [-0.25, -0.2) is 0 Å². The van der Waals surface area contributed by atoms with Gasteiger partial charge in [-0.05, 0) is 12.1 Å². The van der Waals surface area contributed by atoms with Crippen LogP contribution < -0.4 is 10.1 Å². The van der Waals surface area contributed by atoms with E-state index in [1.807, 2.05) is 48.5 Å². The lowest BCUT2D eigenvalue weighted by molar-refractivity contribution is -0.117. The van der Waals surface area contributed by atoms with Crippen molar-refractivity contribution in [3.05, 3.63) is 78.5 Å². The molecule has 32 heavy (non-hydrogen) atoms. The molecule has 0 atom stereocenters. The van der Waals surface area contributed by atoms with Gasteiger partial charge in [0.2, 0.25) is 5.88 Å². The number of amides is 1. The summed E-state index contributed by atoms with van der Waals surface area (Å²) in [6.45, 7) is 0.300. The van der Waals surface area contributed by atoms with Gasteiger partial charge in [-0.15, -0.1) is 15.3 Å². The van der Waals surface area contributed by atoms with Crippen LogP contribution in [0.15, 0.2) is 72.9 Å². The summed E-state index contributed by atoms with van der Waals surface area (Å²) in [5.74, 6) is -0.332. The fraction of sp³-hybridized carbons (Fsp3) is 0.0870. The zero-order valence-electron chi connectivity index (χ0n) is 16.9. The largest absolute Gasteiger partial charge is 0.475 e. The van der Waals surface area contributed by atoms with Crippen LogP contribution in [0.25, 0.3) is 27.9 Å². The predicted molar refractivity (Wildman–Crippen MR) is 117 cm³/mol. The summed E-state index contributed by atoms with van der Waals surface area (Å²) in [5, 5.41) is 16.0. The number of nitrogens with one attached hydrogen (secondary N) is 2. The van der Waals surface area contributed by atoms with Crippen LogP contribution in [0.5, 0.6) is 5.88 Å². The first-order valence-electron chi connectivity index (χ1n) is 10.00. The predicted octanol–water partition coefficient (Wildman–Crippen LogP) is 2.65. The topological polar surface area (TPSA) is 114 Å². The van der Waals surface area contributed by atoms with Crippen molar-refractivity contribution in [1.29, 1.82) is 0 Å². The summed E-state index contributed by atoms with van der Waals surface area (Å²) in [5.41, 5.74) is 2.62. The van der Waals surface area contributed by atoms with Crippen LogP contribution in [0.4, 0.5) is 0 Å². The number of benzene rings is 2.